The highest BCUT2D eigenvalue weighted by molar-refractivity contribution is 5.69. The summed E-state index contributed by atoms with van der Waals surface area (Å²) in [6.07, 6.45) is 10.0. The number of amides is 2. The standard InChI is InChI=1S/C34H60N6O4/c1-25-22-29(38(8)9)37-30(36-25)35-23-26-16-18-27(19-17-26)24-39(31(41)43-33(2,3)4)20-13-21-40(28-14-11-10-12-15-28)32(42)44-34(5,6)7/h22,26-28H,10-21,23-24H2,1-9H3,(H,35,36,37). The average molecular weight is 617 g/mol. The first-order valence-electron chi connectivity index (χ1n) is 16.8. The zero-order valence-electron chi connectivity index (χ0n) is 29.1. The minimum Gasteiger partial charge on any atom is -0.444 e. The number of anilines is 2. The van der Waals surface area contributed by atoms with Gasteiger partial charge in [-0.15, -0.1) is 0 Å². The van der Waals surface area contributed by atoms with Gasteiger partial charge in [-0.2, -0.15) is 4.98 Å². The maximum Gasteiger partial charge on any atom is 0.410 e. The Balaban J connectivity index is 1.56. The normalized spacial score (nSPS) is 19.7. The molecule has 0 radical (unpaired) electrons. The molecule has 2 aliphatic carbocycles. The fourth-order valence-corrected chi connectivity index (χ4v) is 6.18. The van der Waals surface area contributed by atoms with Crippen molar-refractivity contribution in [3.63, 3.8) is 0 Å². The van der Waals surface area contributed by atoms with Crippen molar-refractivity contribution in [3.8, 4) is 0 Å². The summed E-state index contributed by atoms with van der Waals surface area (Å²) in [7, 11) is 3.97. The molecule has 0 unspecified atom stereocenters. The second kappa shape index (κ2) is 16.0. The van der Waals surface area contributed by atoms with E-state index in [2.05, 4.69) is 15.3 Å². The fourth-order valence-electron chi connectivity index (χ4n) is 6.18. The predicted molar refractivity (Wildman–Crippen MR) is 177 cm³/mol. The summed E-state index contributed by atoms with van der Waals surface area (Å²) in [5.41, 5.74) is -0.151. The highest BCUT2D eigenvalue weighted by atomic mass is 16.6. The number of hydrogen-bond donors (Lipinski definition) is 1. The van der Waals surface area contributed by atoms with E-state index >= 15 is 0 Å². The van der Waals surface area contributed by atoms with Crippen molar-refractivity contribution in [1.82, 2.24) is 19.8 Å². The summed E-state index contributed by atoms with van der Waals surface area (Å²) >= 11 is 0. The molecule has 250 valence electrons. The van der Waals surface area contributed by atoms with E-state index in [1.165, 1.54) is 6.42 Å². The zero-order valence-corrected chi connectivity index (χ0v) is 29.1. The lowest BCUT2D eigenvalue weighted by molar-refractivity contribution is 0.00904. The van der Waals surface area contributed by atoms with Crippen LogP contribution in [0.3, 0.4) is 0 Å². The van der Waals surface area contributed by atoms with Gasteiger partial charge in [-0.25, -0.2) is 14.6 Å². The molecule has 2 saturated carbocycles. The summed E-state index contributed by atoms with van der Waals surface area (Å²) in [6.45, 7) is 16.1. The van der Waals surface area contributed by atoms with Crippen LogP contribution in [0.15, 0.2) is 6.07 Å². The van der Waals surface area contributed by atoms with Crippen LogP contribution in [0.5, 0.6) is 0 Å². The Morgan fingerprint density at radius 1 is 0.841 bits per heavy atom. The van der Waals surface area contributed by atoms with Gasteiger partial charge in [-0.3, -0.25) is 0 Å². The highest BCUT2D eigenvalue weighted by Gasteiger charge is 2.31. The van der Waals surface area contributed by atoms with E-state index in [0.717, 1.165) is 69.4 Å². The van der Waals surface area contributed by atoms with E-state index in [4.69, 9.17) is 9.47 Å². The zero-order chi connectivity index (χ0) is 32.5. The quantitative estimate of drug-likeness (QED) is 0.277. The summed E-state index contributed by atoms with van der Waals surface area (Å²) in [4.78, 5) is 41.5. The van der Waals surface area contributed by atoms with E-state index in [1.54, 1.807) is 0 Å². The highest BCUT2D eigenvalue weighted by Crippen LogP contribution is 2.30. The average Bonchev–Trinajstić information content (AvgIpc) is 2.92. The lowest BCUT2D eigenvalue weighted by atomic mass is 9.81. The van der Waals surface area contributed by atoms with E-state index in [9.17, 15) is 9.59 Å². The van der Waals surface area contributed by atoms with Crippen molar-refractivity contribution in [2.45, 2.75) is 130 Å². The van der Waals surface area contributed by atoms with Crippen LogP contribution in [-0.2, 0) is 9.47 Å². The number of nitrogens with one attached hydrogen (secondary N) is 1. The number of aromatic nitrogens is 2. The molecule has 1 heterocycles. The summed E-state index contributed by atoms with van der Waals surface area (Å²) < 4.78 is 11.6. The molecule has 0 bridgehead atoms. The Morgan fingerprint density at radius 2 is 1.43 bits per heavy atom. The second-order valence-electron chi connectivity index (χ2n) is 15.1. The van der Waals surface area contributed by atoms with Gasteiger partial charge in [0, 0.05) is 58.1 Å². The molecule has 2 fully saturated rings. The molecule has 0 atom stereocenters. The van der Waals surface area contributed by atoms with E-state index in [-0.39, 0.29) is 18.2 Å². The molecule has 10 nitrogen and oxygen atoms in total. The van der Waals surface area contributed by atoms with Crippen molar-refractivity contribution < 1.29 is 19.1 Å². The van der Waals surface area contributed by atoms with Crippen LogP contribution in [0.1, 0.15) is 111 Å². The molecule has 1 N–H and O–H groups in total. The maximum absolute atomic E-state index is 13.3. The Labute approximate surface area is 266 Å². The molecule has 2 amide bonds. The summed E-state index contributed by atoms with van der Waals surface area (Å²) in [5.74, 6) is 2.56. The van der Waals surface area contributed by atoms with Gasteiger partial charge < -0.3 is 29.5 Å². The Kier molecular flexibility index (Phi) is 13.0. The van der Waals surface area contributed by atoms with E-state index in [0.29, 0.717) is 43.8 Å². The summed E-state index contributed by atoms with van der Waals surface area (Å²) in [5, 5.41) is 3.46. The smallest absolute Gasteiger partial charge is 0.410 e. The number of aryl methyl sites for hydroxylation is 1. The molecule has 0 saturated heterocycles. The molecule has 3 rings (SSSR count). The van der Waals surface area contributed by atoms with Crippen molar-refractivity contribution in [1.29, 1.82) is 0 Å². The number of nitrogens with zero attached hydrogens (tertiary/aromatic N) is 5. The lowest BCUT2D eigenvalue weighted by Gasteiger charge is -2.37. The van der Waals surface area contributed by atoms with Crippen LogP contribution in [0.2, 0.25) is 0 Å². The lowest BCUT2D eigenvalue weighted by Crippen LogP contribution is -2.46. The van der Waals surface area contributed by atoms with Gasteiger partial charge in [-0.05, 0) is 105 Å². The molecular weight excluding hydrogens is 556 g/mol. The fraction of sp³-hybridized carbons (Fsp3) is 0.824. The van der Waals surface area contributed by atoms with Gasteiger partial charge >= 0.3 is 12.2 Å². The van der Waals surface area contributed by atoms with Crippen LogP contribution >= 0.6 is 0 Å². The first-order chi connectivity index (χ1) is 20.6. The molecule has 44 heavy (non-hydrogen) atoms. The topological polar surface area (TPSA) is 100 Å². The molecule has 1 aromatic heterocycles. The number of rotatable bonds is 11. The van der Waals surface area contributed by atoms with Gasteiger partial charge in [0.1, 0.15) is 17.0 Å². The molecule has 2 aliphatic rings. The van der Waals surface area contributed by atoms with Gasteiger partial charge in [-0.1, -0.05) is 19.3 Å². The molecular formula is C34H60N6O4. The van der Waals surface area contributed by atoms with Crippen LogP contribution in [-0.4, -0.2) is 89.5 Å². The van der Waals surface area contributed by atoms with Gasteiger partial charge in [0.15, 0.2) is 0 Å². The Morgan fingerprint density at radius 3 is 2.02 bits per heavy atom. The minimum absolute atomic E-state index is 0.206. The second-order valence-corrected chi connectivity index (χ2v) is 15.1. The third kappa shape index (κ3) is 12.3. The van der Waals surface area contributed by atoms with Crippen molar-refractivity contribution in [2.24, 2.45) is 11.8 Å². The molecule has 0 spiro atoms. The number of ether oxygens (including phenoxy) is 2. The van der Waals surface area contributed by atoms with Crippen LogP contribution in [0.4, 0.5) is 21.4 Å². The largest absolute Gasteiger partial charge is 0.444 e. The molecule has 0 aliphatic heterocycles. The third-order valence-electron chi connectivity index (χ3n) is 8.41. The van der Waals surface area contributed by atoms with Crippen molar-refractivity contribution in [2.75, 3.05) is 50.5 Å². The van der Waals surface area contributed by atoms with Crippen LogP contribution in [0, 0.1) is 18.8 Å². The number of hydrogen-bond acceptors (Lipinski definition) is 8. The van der Waals surface area contributed by atoms with E-state index in [1.807, 2.05) is 83.3 Å². The number of carbonyl (C=O) groups excluding carboxylic acids is 2. The van der Waals surface area contributed by atoms with Crippen molar-refractivity contribution in [3.05, 3.63) is 11.8 Å². The third-order valence-corrected chi connectivity index (χ3v) is 8.41. The van der Waals surface area contributed by atoms with Crippen molar-refractivity contribution >= 4 is 24.0 Å². The number of carbonyl (C=O) groups is 2. The van der Waals surface area contributed by atoms with Gasteiger partial charge in [0.25, 0.3) is 0 Å². The van der Waals surface area contributed by atoms with E-state index < -0.39 is 11.2 Å². The first-order valence-corrected chi connectivity index (χ1v) is 16.8. The molecule has 1 aromatic rings. The maximum atomic E-state index is 13.3. The first kappa shape index (κ1) is 35.7. The Hall–Kier alpha value is -2.78. The minimum atomic E-state index is -0.562. The van der Waals surface area contributed by atoms with Gasteiger partial charge in [0.05, 0.1) is 0 Å². The molecule has 0 aromatic carbocycles. The molecule has 10 heteroatoms. The SMILES string of the molecule is Cc1cc(N(C)C)nc(NCC2CCC(CN(CCCN(C(=O)OC(C)(C)C)C3CCCCC3)C(=O)OC(C)(C)C)CC2)n1. The summed E-state index contributed by atoms with van der Waals surface area (Å²) in [6, 6.07) is 2.19. The predicted octanol–water partition coefficient (Wildman–Crippen LogP) is 7.27. The van der Waals surface area contributed by atoms with Crippen LogP contribution in [0.25, 0.3) is 0 Å². The monoisotopic (exact) mass is 616 g/mol. The van der Waals surface area contributed by atoms with Gasteiger partial charge in [0.2, 0.25) is 5.95 Å². The Bertz CT molecular complexity index is 1050. The van der Waals surface area contributed by atoms with Crippen LogP contribution < -0.4 is 10.2 Å².